The van der Waals surface area contributed by atoms with Gasteiger partial charge in [-0.15, -0.1) is 0 Å². The molecule has 3 rings (SSSR count). The fraction of sp³-hybridized carbons (Fsp3) is 0.417. The van der Waals surface area contributed by atoms with Crippen LogP contribution in [-0.2, 0) is 0 Å². The molecule has 0 bridgehead atoms. The van der Waals surface area contributed by atoms with Crippen molar-refractivity contribution in [2.75, 3.05) is 0 Å². The van der Waals surface area contributed by atoms with Crippen molar-refractivity contribution in [3.05, 3.63) is 59.1 Å². The van der Waals surface area contributed by atoms with Crippen molar-refractivity contribution in [1.82, 2.24) is 0 Å². The molecule has 1 unspecified atom stereocenters. The molecule has 2 aliphatic rings. The molecule has 1 fully saturated rings. The molecule has 0 radical (unpaired) electrons. The van der Waals surface area contributed by atoms with Gasteiger partial charge in [0.1, 0.15) is 5.82 Å². The van der Waals surface area contributed by atoms with Crippen molar-refractivity contribution in [3.8, 4) is 0 Å². The summed E-state index contributed by atoms with van der Waals surface area (Å²) in [6, 6.07) is 5.05. The lowest BCUT2D eigenvalue weighted by molar-refractivity contribution is 0.364. The molecule has 0 N–H and O–H groups in total. The van der Waals surface area contributed by atoms with Crippen LogP contribution in [0.2, 0.25) is 0 Å². The molecule has 142 valence electrons. The molecule has 1 heterocycles. The quantitative estimate of drug-likeness (QED) is 0.493. The lowest BCUT2D eigenvalue weighted by Gasteiger charge is -2.30. The Hall–Kier alpha value is -2.29. The highest BCUT2D eigenvalue weighted by Gasteiger charge is 2.28. The maximum Gasteiger partial charge on any atom is 0.133 e. The van der Waals surface area contributed by atoms with Crippen molar-refractivity contribution in [2.24, 2.45) is 21.8 Å². The van der Waals surface area contributed by atoms with E-state index < -0.39 is 0 Å². The summed E-state index contributed by atoms with van der Waals surface area (Å²) in [6.07, 6.45) is 11.6. The van der Waals surface area contributed by atoms with Crippen LogP contribution in [0.25, 0.3) is 11.8 Å². The molecule has 3 heteroatoms. The molecule has 1 saturated carbocycles. The molecule has 0 amide bonds. The predicted octanol–water partition coefficient (Wildman–Crippen LogP) is 6.85. The molecule has 27 heavy (non-hydrogen) atoms. The van der Waals surface area contributed by atoms with E-state index in [0.29, 0.717) is 17.2 Å². The van der Waals surface area contributed by atoms with Gasteiger partial charge >= 0.3 is 0 Å². The van der Waals surface area contributed by atoms with E-state index in [1.54, 1.807) is 12.1 Å². The van der Waals surface area contributed by atoms with E-state index in [0.717, 1.165) is 29.2 Å². The summed E-state index contributed by atoms with van der Waals surface area (Å²) in [5.74, 6) is 0.873. The van der Waals surface area contributed by atoms with Gasteiger partial charge in [-0.3, -0.25) is 9.98 Å². The first kappa shape index (κ1) is 19.5. The van der Waals surface area contributed by atoms with Crippen LogP contribution in [0.1, 0.15) is 63.5 Å². The van der Waals surface area contributed by atoms with E-state index in [2.05, 4.69) is 25.2 Å². The normalized spacial score (nSPS) is 22.7. The van der Waals surface area contributed by atoms with Crippen LogP contribution >= 0.6 is 0 Å². The van der Waals surface area contributed by atoms with Crippen molar-refractivity contribution in [1.29, 1.82) is 0 Å². The molecule has 1 aromatic carbocycles. The highest BCUT2D eigenvalue weighted by Crippen LogP contribution is 2.35. The minimum Gasteiger partial charge on any atom is -0.264 e. The Bertz CT molecular complexity index is 823. The number of benzene rings is 1. The number of nitrogens with zero attached hydrogens (tertiary/aromatic N) is 2. The number of halogens is 1. The van der Waals surface area contributed by atoms with Crippen LogP contribution in [0, 0.1) is 17.7 Å². The zero-order valence-electron chi connectivity index (χ0n) is 16.5. The first-order chi connectivity index (χ1) is 13.0. The van der Waals surface area contributed by atoms with Crippen molar-refractivity contribution >= 4 is 24.2 Å². The van der Waals surface area contributed by atoms with E-state index in [9.17, 15) is 4.39 Å². The summed E-state index contributed by atoms with van der Waals surface area (Å²) in [6.45, 7) is 11.5. The topological polar surface area (TPSA) is 24.7 Å². The summed E-state index contributed by atoms with van der Waals surface area (Å²) < 4.78 is 14.4. The van der Waals surface area contributed by atoms with E-state index >= 15 is 0 Å². The number of hydrogen-bond donors (Lipinski definition) is 0. The van der Waals surface area contributed by atoms with Gasteiger partial charge in [0, 0.05) is 22.9 Å². The van der Waals surface area contributed by atoms with Crippen molar-refractivity contribution < 1.29 is 4.39 Å². The molecular weight excluding hydrogens is 335 g/mol. The van der Waals surface area contributed by atoms with Crippen LogP contribution in [0.4, 0.5) is 4.39 Å². The number of aliphatic imine (C=N–C) groups is 2. The molecule has 1 atom stereocenters. The van der Waals surface area contributed by atoms with Crippen molar-refractivity contribution in [2.45, 2.75) is 52.4 Å². The Kier molecular flexibility index (Phi) is 6.20. The highest BCUT2D eigenvalue weighted by molar-refractivity contribution is 5.95. The number of rotatable bonds is 6. The third-order valence-electron chi connectivity index (χ3n) is 5.82. The van der Waals surface area contributed by atoms with Crippen LogP contribution < -0.4 is 0 Å². The van der Waals surface area contributed by atoms with Gasteiger partial charge in [0.05, 0.1) is 5.70 Å². The fourth-order valence-electron chi connectivity index (χ4n) is 4.09. The van der Waals surface area contributed by atoms with Gasteiger partial charge in [-0.1, -0.05) is 57.7 Å². The van der Waals surface area contributed by atoms with Gasteiger partial charge in [0.15, 0.2) is 0 Å². The van der Waals surface area contributed by atoms with E-state index in [4.69, 9.17) is 4.99 Å². The van der Waals surface area contributed by atoms with Crippen LogP contribution in [-0.4, -0.2) is 12.4 Å². The molecule has 1 aromatic rings. The maximum atomic E-state index is 14.4. The number of hydrogen-bond acceptors (Lipinski definition) is 2. The minimum atomic E-state index is -0.310. The molecule has 2 nitrogen and oxygen atoms in total. The molecular formula is C24H29FN2. The second-order valence-electron chi connectivity index (χ2n) is 7.74. The van der Waals surface area contributed by atoms with E-state index in [1.807, 2.05) is 19.1 Å². The van der Waals surface area contributed by atoms with Gasteiger partial charge in [-0.05, 0) is 55.3 Å². The molecule has 0 spiro atoms. The summed E-state index contributed by atoms with van der Waals surface area (Å²) >= 11 is 0. The Balaban J connectivity index is 1.80. The van der Waals surface area contributed by atoms with Crippen molar-refractivity contribution in [3.63, 3.8) is 0 Å². The first-order valence-electron chi connectivity index (χ1n) is 9.92. The lowest BCUT2D eigenvalue weighted by Crippen LogP contribution is -2.26. The minimum absolute atomic E-state index is 0.310. The smallest absolute Gasteiger partial charge is 0.133 e. The van der Waals surface area contributed by atoms with E-state index in [-0.39, 0.29) is 5.82 Å². The average molecular weight is 365 g/mol. The Labute approximate surface area is 162 Å². The molecule has 1 aliphatic carbocycles. The fourth-order valence-corrected chi connectivity index (χ4v) is 4.09. The summed E-state index contributed by atoms with van der Waals surface area (Å²) in [5.41, 5.74) is 5.04. The SMILES string of the molecule is C=Cc1ccc(/C(N=C)=C(C)/C=C2/N=C(CC3CCCCC3)C2C)c(F)c1. The zero-order chi connectivity index (χ0) is 19.4. The third kappa shape index (κ3) is 4.35. The van der Waals surface area contributed by atoms with Gasteiger partial charge in [-0.25, -0.2) is 4.39 Å². The van der Waals surface area contributed by atoms with Gasteiger partial charge < -0.3 is 0 Å². The zero-order valence-corrected chi connectivity index (χ0v) is 16.5. The van der Waals surface area contributed by atoms with E-state index in [1.165, 1.54) is 43.9 Å². The first-order valence-corrected chi connectivity index (χ1v) is 9.92. The van der Waals surface area contributed by atoms with Crippen LogP contribution in [0.5, 0.6) is 0 Å². The lowest BCUT2D eigenvalue weighted by atomic mass is 9.80. The molecule has 0 saturated heterocycles. The summed E-state index contributed by atoms with van der Waals surface area (Å²) in [5, 5.41) is 0. The Morgan fingerprint density at radius 1 is 1.30 bits per heavy atom. The molecule has 1 aliphatic heterocycles. The largest absolute Gasteiger partial charge is 0.264 e. The Morgan fingerprint density at radius 2 is 2.04 bits per heavy atom. The van der Waals surface area contributed by atoms with Crippen LogP contribution in [0.3, 0.4) is 0 Å². The molecule has 0 aromatic heterocycles. The van der Waals surface area contributed by atoms with Gasteiger partial charge in [0.25, 0.3) is 0 Å². The maximum absolute atomic E-state index is 14.4. The average Bonchev–Trinajstić information content (AvgIpc) is 2.69. The van der Waals surface area contributed by atoms with Crippen LogP contribution in [0.15, 0.2) is 52.1 Å². The summed E-state index contributed by atoms with van der Waals surface area (Å²) in [4.78, 5) is 8.87. The standard InChI is InChI=1S/C24H29FN2/c1-5-18-11-12-20(21(25)14-18)24(26-4)16(2)13-22-17(3)23(27-22)15-19-9-7-6-8-10-19/h5,11-14,17,19H,1,4,6-10,15H2,2-3H3/b22-13+,24-16-. The highest BCUT2D eigenvalue weighted by atomic mass is 19.1. The number of allylic oxidation sites excluding steroid dienone is 3. The van der Waals surface area contributed by atoms with Gasteiger partial charge in [-0.2, -0.15) is 0 Å². The third-order valence-corrected chi connectivity index (χ3v) is 5.82. The summed E-state index contributed by atoms with van der Waals surface area (Å²) in [7, 11) is 0. The Morgan fingerprint density at radius 3 is 2.63 bits per heavy atom. The van der Waals surface area contributed by atoms with Gasteiger partial charge in [0.2, 0.25) is 0 Å². The predicted molar refractivity (Wildman–Crippen MR) is 115 cm³/mol. The monoisotopic (exact) mass is 364 g/mol. The second-order valence-corrected chi connectivity index (χ2v) is 7.74. The second kappa shape index (κ2) is 8.60.